The van der Waals surface area contributed by atoms with Gasteiger partial charge in [0.2, 0.25) is 4.96 Å². The van der Waals surface area contributed by atoms with E-state index >= 15 is 0 Å². The number of fused-ring (bicyclic) bond motifs is 1. The summed E-state index contributed by atoms with van der Waals surface area (Å²) >= 11 is 14.2. The Labute approximate surface area is 201 Å². The first kappa shape index (κ1) is 25.0. The van der Waals surface area contributed by atoms with Gasteiger partial charge in [-0.15, -0.1) is 33.4 Å². The number of aromatic nitrogens is 4. The van der Waals surface area contributed by atoms with E-state index in [0.717, 1.165) is 35.1 Å². The van der Waals surface area contributed by atoms with Crippen LogP contribution in [0.25, 0.3) is 4.96 Å². The normalized spacial score (nSPS) is 20.3. The molecule has 1 fully saturated rings. The highest BCUT2D eigenvalue weighted by atomic mass is 35.5. The van der Waals surface area contributed by atoms with Gasteiger partial charge in [-0.25, -0.2) is 0 Å². The maximum atomic E-state index is 6.31. The van der Waals surface area contributed by atoms with Crippen molar-refractivity contribution in [3.8, 4) is 0 Å². The smallest absolute Gasteiger partial charge is 0.187 e. The Hall–Kier alpha value is -0.650. The monoisotopic (exact) mass is 484 g/mol. The lowest BCUT2D eigenvalue weighted by molar-refractivity contribution is 0.601. The van der Waals surface area contributed by atoms with E-state index in [1.54, 1.807) is 11.3 Å². The highest BCUT2D eigenvalue weighted by Crippen LogP contribution is 2.65. The molecule has 2 aromatic rings. The third-order valence-electron chi connectivity index (χ3n) is 6.45. The molecule has 1 atom stereocenters. The molecule has 1 unspecified atom stereocenters. The number of hydrogen-bond donors (Lipinski definition) is 0. The second-order valence-corrected chi connectivity index (χ2v) is 11.7. The van der Waals surface area contributed by atoms with Gasteiger partial charge in [-0.1, -0.05) is 88.7 Å². The minimum atomic E-state index is -0.695. The van der Waals surface area contributed by atoms with Crippen LogP contribution in [0, 0.1) is 0 Å². The van der Waals surface area contributed by atoms with E-state index in [0.29, 0.717) is 0 Å². The minimum Gasteiger partial charge on any atom is -0.187 e. The molecule has 7 heteroatoms. The fourth-order valence-corrected chi connectivity index (χ4v) is 5.93. The highest BCUT2D eigenvalue weighted by Gasteiger charge is 2.66. The number of allylic oxidation sites excluding steroid dienone is 2. The van der Waals surface area contributed by atoms with Gasteiger partial charge in [0.15, 0.2) is 5.82 Å². The average Bonchev–Trinajstić information content (AvgIpc) is 3.08. The van der Waals surface area contributed by atoms with Crippen LogP contribution in [0.5, 0.6) is 0 Å². The van der Waals surface area contributed by atoms with Gasteiger partial charge < -0.3 is 0 Å². The zero-order chi connectivity index (χ0) is 22.2. The van der Waals surface area contributed by atoms with E-state index in [1.165, 1.54) is 77.0 Å². The number of nitrogens with zero attached hydrogens (tertiary/aromatic N) is 4. The summed E-state index contributed by atoms with van der Waals surface area (Å²) in [7, 11) is 0. The minimum absolute atomic E-state index is 0.248. The molecule has 1 aliphatic carbocycles. The molecular formula is C24H38Cl2N4S. The van der Waals surface area contributed by atoms with Crippen molar-refractivity contribution in [2.75, 3.05) is 0 Å². The zero-order valence-corrected chi connectivity index (χ0v) is 21.5. The van der Waals surface area contributed by atoms with Crippen LogP contribution >= 0.6 is 34.5 Å². The largest absolute Gasteiger partial charge is 0.234 e. The van der Waals surface area contributed by atoms with Crippen LogP contribution in [0.15, 0.2) is 12.2 Å². The summed E-state index contributed by atoms with van der Waals surface area (Å²) in [6.45, 7) is 4.35. The molecule has 2 heterocycles. The van der Waals surface area contributed by atoms with E-state index in [9.17, 15) is 0 Å². The highest BCUT2D eigenvalue weighted by molar-refractivity contribution is 7.17. The quantitative estimate of drug-likeness (QED) is 0.137. The van der Waals surface area contributed by atoms with Gasteiger partial charge in [0, 0.05) is 6.42 Å². The average molecular weight is 486 g/mol. The Balaban J connectivity index is 1.23. The second kappa shape index (κ2) is 12.0. The number of hydrogen-bond acceptors (Lipinski definition) is 4. The fourth-order valence-electron chi connectivity index (χ4n) is 4.02. The van der Waals surface area contributed by atoms with E-state index in [1.807, 2.05) is 4.52 Å². The van der Waals surface area contributed by atoms with Crippen LogP contribution < -0.4 is 0 Å². The summed E-state index contributed by atoms with van der Waals surface area (Å²) < 4.78 is 1.20. The Morgan fingerprint density at radius 2 is 1.48 bits per heavy atom. The maximum Gasteiger partial charge on any atom is 0.234 e. The van der Waals surface area contributed by atoms with Gasteiger partial charge in [-0.3, -0.25) is 0 Å². The molecule has 3 rings (SSSR count). The molecule has 4 nitrogen and oxygen atoms in total. The van der Waals surface area contributed by atoms with Gasteiger partial charge in [0.1, 0.15) is 9.34 Å². The van der Waals surface area contributed by atoms with E-state index < -0.39 is 4.33 Å². The number of aryl methyl sites for hydroxylation is 1. The first-order chi connectivity index (χ1) is 15.0. The van der Waals surface area contributed by atoms with Gasteiger partial charge in [0.05, 0.1) is 5.41 Å². The number of halogens is 2. The van der Waals surface area contributed by atoms with E-state index in [-0.39, 0.29) is 5.41 Å². The Bertz CT molecular complexity index is 829. The Morgan fingerprint density at radius 3 is 2.10 bits per heavy atom. The second-order valence-electron chi connectivity index (χ2n) is 9.27. The molecule has 0 saturated heterocycles. The molecule has 174 valence electrons. The molecule has 1 aliphatic rings. The number of alkyl halides is 2. The molecule has 0 N–H and O–H groups in total. The van der Waals surface area contributed by atoms with Crippen molar-refractivity contribution in [3.63, 3.8) is 0 Å². The summed E-state index contributed by atoms with van der Waals surface area (Å²) in [6.07, 6.45) is 23.5. The van der Waals surface area contributed by atoms with Gasteiger partial charge >= 0.3 is 0 Å². The lowest BCUT2D eigenvalue weighted by atomic mass is 10.1. The lowest BCUT2D eigenvalue weighted by Gasteiger charge is -2.06. The summed E-state index contributed by atoms with van der Waals surface area (Å²) in [4.78, 5) is 0.843. The van der Waals surface area contributed by atoms with Gasteiger partial charge in [-0.05, 0) is 38.5 Å². The van der Waals surface area contributed by atoms with Crippen LogP contribution in [0.1, 0.15) is 115 Å². The van der Waals surface area contributed by atoms with Gasteiger partial charge in [0.25, 0.3) is 0 Å². The molecule has 2 aromatic heterocycles. The van der Waals surface area contributed by atoms with Crippen molar-refractivity contribution in [2.45, 2.75) is 120 Å². The third kappa shape index (κ3) is 6.91. The predicted molar refractivity (Wildman–Crippen MR) is 134 cm³/mol. The van der Waals surface area contributed by atoms with Crippen LogP contribution in [0.3, 0.4) is 0 Å². The summed E-state index contributed by atoms with van der Waals surface area (Å²) in [5.74, 6) is 0.953. The zero-order valence-electron chi connectivity index (χ0n) is 19.2. The summed E-state index contributed by atoms with van der Waals surface area (Å²) in [5, 5.41) is 14.3. The molecular weight excluding hydrogens is 447 g/mol. The Morgan fingerprint density at radius 1 is 0.903 bits per heavy atom. The van der Waals surface area contributed by atoms with Crippen LogP contribution in [-0.2, 0) is 11.8 Å². The molecule has 0 radical (unpaired) electrons. The van der Waals surface area contributed by atoms with Gasteiger partial charge in [-0.2, -0.15) is 9.61 Å². The van der Waals surface area contributed by atoms with E-state index in [4.69, 9.17) is 28.3 Å². The summed E-state index contributed by atoms with van der Waals surface area (Å²) in [6, 6.07) is 0. The van der Waals surface area contributed by atoms with Crippen molar-refractivity contribution < 1.29 is 0 Å². The topological polar surface area (TPSA) is 43.1 Å². The third-order valence-corrected chi connectivity index (χ3v) is 8.71. The van der Waals surface area contributed by atoms with Crippen molar-refractivity contribution in [1.82, 2.24) is 19.8 Å². The molecule has 31 heavy (non-hydrogen) atoms. The van der Waals surface area contributed by atoms with E-state index in [2.05, 4.69) is 36.2 Å². The fraction of sp³-hybridized carbons (Fsp3) is 0.792. The van der Waals surface area contributed by atoms with Crippen LogP contribution in [0.4, 0.5) is 0 Å². The SMILES string of the molecule is CCCCCCCCC=CCCCCCCCc1nnc2sc(C3(C)CC3(Cl)Cl)nn12. The number of unbranched alkanes of at least 4 members (excludes halogenated alkanes) is 11. The molecule has 0 amide bonds. The van der Waals surface area contributed by atoms with Crippen molar-refractivity contribution in [1.29, 1.82) is 0 Å². The van der Waals surface area contributed by atoms with Crippen molar-refractivity contribution in [2.24, 2.45) is 0 Å². The standard InChI is InChI=1S/C24H38Cl2N4S/c1-3-4-5-6-7-8-9-10-11-12-13-14-15-16-17-18-20-27-28-22-30(20)29-21(31-22)23(2)19-24(23,25)26/h10-11H,3-9,12-19H2,1-2H3. The summed E-state index contributed by atoms with van der Waals surface area (Å²) in [5.41, 5.74) is -0.248. The Kier molecular flexibility index (Phi) is 9.66. The first-order valence-electron chi connectivity index (χ1n) is 12.2. The first-order valence-corrected chi connectivity index (χ1v) is 13.8. The van der Waals surface area contributed by atoms with Crippen LogP contribution in [-0.4, -0.2) is 24.1 Å². The van der Waals surface area contributed by atoms with Crippen molar-refractivity contribution >= 4 is 39.5 Å². The molecule has 0 aliphatic heterocycles. The molecule has 0 spiro atoms. The maximum absolute atomic E-state index is 6.31. The molecule has 0 bridgehead atoms. The van der Waals surface area contributed by atoms with Crippen LogP contribution in [0.2, 0.25) is 0 Å². The molecule has 0 aromatic carbocycles. The van der Waals surface area contributed by atoms with Crippen molar-refractivity contribution in [3.05, 3.63) is 23.0 Å². The lowest BCUT2D eigenvalue weighted by Crippen LogP contribution is -2.10. The predicted octanol–water partition coefficient (Wildman–Crippen LogP) is 8.21. The number of rotatable bonds is 16. The molecule has 1 saturated carbocycles.